The van der Waals surface area contributed by atoms with Gasteiger partial charge in [0.25, 0.3) is 0 Å². The van der Waals surface area contributed by atoms with Crippen molar-refractivity contribution in [2.24, 2.45) is 0 Å². The van der Waals surface area contributed by atoms with Gasteiger partial charge in [-0.05, 0) is 24.6 Å². The fraction of sp³-hybridized carbons (Fsp3) is 0.357. The zero-order valence-electron chi connectivity index (χ0n) is 11.7. The first-order valence-electron chi connectivity index (χ1n) is 6.11. The summed E-state index contributed by atoms with van der Waals surface area (Å²) in [6.07, 6.45) is -4.83. The van der Waals surface area contributed by atoms with Crippen LogP contribution in [0, 0.1) is 6.92 Å². The zero-order valence-corrected chi connectivity index (χ0v) is 11.7. The first-order valence-corrected chi connectivity index (χ1v) is 6.11. The highest BCUT2D eigenvalue weighted by Gasteiger charge is 2.38. The second-order valence-corrected chi connectivity index (χ2v) is 4.54. The Kier molecular flexibility index (Phi) is 3.85. The lowest BCUT2D eigenvalue weighted by Gasteiger charge is -2.14. The van der Waals surface area contributed by atoms with Crippen molar-refractivity contribution < 1.29 is 27.4 Å². The first-order chi connectivity index (χ1) is 9.79. The van der Waals surface area contributed by atoms with Crippen LogP contribution in [0.5, 0.6) is 5.75 Å². The maximum Gasteiger partial charge on any atom is 0.420 e. The minimum Gasteiger partial charge on any atom is -0.496 e. The van der Waals surface area contributed by atoms with Crippen molar-refractivity contribution in [3.05, 3.63) is 29.0 Å². The Labute approximate surface area is 118 Å². The highest BCUT2D eigenvalue weighted by atomic mass is 19.4. The van der Waals surface area contributed by atoms with E-state index in [1.54, 1.807) is 6.92 Å². The first kappa shape index (κ1) is 15.2. The molecule has 1 N–H and O–H groups in total. The molecule has 1 heterocycles. The van der Waals surface area contributed by atoms with Crippen LogP contribution < -0.4 is 4.74 Å². The third-order valence-corrected chi connectivity index (χ3v) is 3.30. The molecule has 21 heavy (non-hydrogen) atoms. The molecule has 0 aliphatic carbocycles. The number of H-pyrrole nitrogens is 1. The van der Waals surface area contributed by atoms with E-state index >= 15 is 0 Å². The molecule has 0 fully saturated rings. The third kappa shape index (κ3) is 2.68. The summed E-state index contributed by atoms with van der Waals surface area (Å²) < 4.78 is 49.5. The fourth-order valence-electron chi connectivity index (χ4n) is 2.36. The molecule has 0 aliphatic rings. The smallest absolute Gasteiger partial charge is 0.420 e. The SMILES string of the molecule is COC(=O)Cc1c(C)[nH]c2ccc(OC)c(C(F)(F)F)c12. The van der Waals surface area contributed by atoms with Gasteiger partial charge < -0.3 is 14.5 Å². The van der Waals surface area contributed by atoms with E-state index in [4.69, 9.17) is 4.74 Å². The van der Waals surface area contributed by atoms with Crippen molar-refractivity contribution in [1.29, 1.82) is 0 Å². The minimum atomic E-state index is -4.59. The number of carbonyl (C=O) groups excluding carboxylic acids is 1. The van der Waals surface area contributed by atoms with E-state index < -0.39 is 17.7 Å². The van der Waals surface area contributed by atoms with Crippen LogP contribution in [0.1, 0.15) is 16.8 Å². The van der Waals surface area contributed by atoms with Gasteiger partial charge in [-0.2, -0.15) is 13.2 Å². The number of aromatic nitrogens is 1. The summed E-state index contributed by atoms with van der Waals surface area (Å²) in [7, 11) is 2.37. The number of aryl methyl sites for hydroxylation is 1. The molecule has 0 saturated heterocycles. The topological polar surface area (TPSA) is 51.3 Å². The molecule has 0 radical (unpaired) electrons. The molecule has 0 aliphatic heterocycles. The van der Waals surface area contributed by atoms with Crippen molar-refractivity contribution >= 4 is 16.9 Å². The normalized spacial score (nSPS) is 11.7. The van der Waals surface area contributed by atoms with Crippen molar-refractivity contribution in [2.45, 2.75) is 19.5 Å². The predicted octanol–water partition coefficient (Wildman–Crippen LogP) is 3.22. The number of benzene rings is 1. The number of methoxy groups -OCH3 is 2. The van der Waals surface area contributed by atoms with Gasteiger partial charge in [0.1, 0.15) is 11.3 Å². The van der Waals surface area contributed by atoms with E-state index in [1.807, 2.05) is 0 Å². The Morgan fingerprint density at radius 2 is 1.95 bits per heavy atom. The number of rotatable bonds is 3. The summed E-state index contributed by atoms with van der Waals surface area (Å²) in [5.41, 5.74) is 0.183. The lowest BCUT2D eigenvalue weighted by Crippen LogP contribution is -2.10. The Hall–Kier alpha value is -2.18. The predicted molar refractivity (Wildman–Crippen MR) is 70.3 cm³/mol. The van der Waals surface area contributed by atoms with E-state index in [-0.39, 0.29) is 23.1 Å². The second kappa shape index (κ2) is 5.31. The number of esters is 1. The quantitative estimate of drug-likeness (QED) is 0.886. The average Bonchev–Trinajstić information content (AvgIpc) is 2.72. The summed E-state index contributed by atoms with van der Waals surface area (Å²) in [6.45, 7) is 1.62. The Morgan fingerprint density at radius 3 is 2.48 bits per heavy atom. The molecule has 114 valence electrons. The lowest BCUT2D eigenvalue weighted by atomic mass is 10.0. The Bertz CT molecular complexity index is 689. The van der Waals surface area contributed by atoms with Crippen molar-refractivity contribution in [1.82, 2.24) is 4.98 Å². The number of aromatic amines is 1. The van der Waals surface area contributed by atoms with Crippen LogP contribution in [0.2, 0.25) is 0 Å². The highest BCUT2D eigenvalue weighted by molar-refractivity contribution is 5.93. The second-order valence-electron chi connectivity index (χ2n) is 4.54. The van der Waals surface area contributed by atoms with Crippen LogP contribution in [-0.2, 0) is 22.1 Å². The van der Waals surface area contributed by atoms with Gasteiger partial charge in [0.05, 0.1) is 20.6 Å². The molecule has 7 heteroatoms. The van der Waals surface area contributed by atoms with Gasteiger partial charge in [0.15, 0.2) is 0 Å². The number of fused-ring (bicyclic) bond motifs is 1. The molecular formula is C14H14F3NO3. The lowest BCUT2D eigenvalue weighted by molar-refractivity contribution is -0.140. The molecule has 0 amide bonds. The van der Waals surface area contributed by atoms with Crippen molar-refractivity contribution in [2.75, 3.05) is 14.2 Å². The van der Waals surface area contributed by atoms with E-state index in [0.29, 0.717) is 11.2 Å². The standard InChI is InChI=1S/C14H14F3NO3/c1-7-8(6-11(19)21-3)12-9(18-7)4-5-10(20-2)13(12)14(15,16)17/h4-5,18H,6H2,1-3H3. The van der Waals surface area contributed by atoms with Gasteiger partial charge in [-0.15, -0.1) is 0 Å². The van der Waals surface area contributed by atoms with Crippen LogP contribution in [-0.4, -0.2) is 25.2 Å². The molecule has 1 aromatic carbocycles. The van der Waals surface area contributed by atoms with Crippen LogP contribution in [0.25, 0.3) is 10.9 Å². The highest BCUT2D eigenvalue weighted by Crippen LogP contribution is 2.43. The monoisotopic (exact) mass is 301 g/mol. The van der Waals surface area contributed by atoms with E-state index in [0.717, 1.165) is 0 Å². The van der Waals surface area contributed by atoms with Crippen LogP contribution in [0.3, 0.4) is 0 Å². The number of alkyl halides is 3. The number of ether oxygens (including phenoxy) is 2. The molecule has 0 spiro atoms. The maximum atomic E-state index is 13.4. The van der Waals surface area contributed by atoms with E-state index in [2.05, 4.69) is 9.72 Å². The van der Waals surface area contributed by atoms with Crippen LogP contribution in [0.15, 0.2) is 12.1 Å². The number of carbonyl (C=O) groups is 1. The third-order valence-electron chi connectivity index (χ3n) is 3.30. The van der Waals surface area contributed by atoms with Gasteiger partial charge in [0.2, 0.25) is 0 Å². The molecule has 0 saturated carbocycles. The summed E-state index contributed by atoms with van der Waals surface area (Å²) >= 11 is 0. The molecule has 0 bridgehead atoms. The minimum absolute atomic E-state index is 0.0512. The van der Waals surface area contributed by atoms with Gasteiger partial charge in [-0.1, -0.05) is 0 Å². The van der Waals surface area contributed by atoms with Gasteiger partial charge >= 0.3 is 12.1 Å². The van der Waals surface area contributed by atoms with Crippen molar-refractivity contribution in [3.8, 4) is 5.75 Å². The zero-order chi connectivity index (χ0) is 15.8. The van der Waals surface area contributed by atoms with Gasteiger partial charge in [-0.3, -0.25) is 4.79 Å². The Balaban J connectivity index is 2.80. The summed E-state index contributed by atoms with van der Waals surface area (Å²) in [5, 5.41) is -0.0512. The molecule has 2 rings (SSSR count). The number of hydrogen-bond acceptors (Lipinski definition) is 3. The molecule has 0 atom stereocenters. The van der Waals surface area contributed by atoms with Crippen LogP contribution >= 0.6 is 0 Å². The van der Waals surface area contributed by atoms with Gasteiger partial charge in [0, 0.05) is 16.6 Å². The van der Waals surface area contributed by atoms with E-state index in [9.17, 15) is 18.0 Å². The van der Waals surface area contributed by atoms with Crippen LogP contribution in [0.4, 0.5) is 13.2 Å². The summed E-state index contributed by atoms with van der Waals surface area (Å²) in [4.78, 5) is 14.3. The Morgan fingerprint density at radius 1 is 1.29 bits per heavy atom. The average molecular weight is 301 g/mol. The molecule has 1 aromatic heterocycles. The number of halogens is 3. The largest absolute Gasteiger partial charge is 0.496 e. The van der Waals surface area contributed by atoms with Crippen molar-refractivity contribution in [3.63, 3.8) is 0 Å². The summed E-state index contributed by atoms with van der Waals surface area (Å²) in [5.74, 6) is -0.880. The maximum absolute atomic E-state index is 13.4. The molecule has 4 nitrogen and oxygen atoms in total. The van der Waals surface area contributed by atoms with Gasteiger partial charge in [-0.25, -0.2) is 0 Å². The number of hydrogen-bond donors (Lipinski definition) is 1. The fourth-order valence-corrected chi connectivity index (χ4v) is 2.36. The molecule has 2 aromatic rings. The molecular weight excluding hydrogens is 287 g/mol. The molecule has 0 unspecified atom stereocenters. The summed E-state index contributed by atoms with van der Waals surface area (Å²) in [6, 6.07) is 2.75. The van der Waals surface area contributed by atoms with E-state index in [1.165, 1.54) is 26.4 Å². The number of nitrogens with one attached hydrogen (secondary N) is 1.